The monoisotopic (exact) mass is 278 g/mol. The van der Waals surface area contributed by atoms with Crippen molar-refractivity contribution in [1.29, 1.82) is 0 Å². The van der Waals surface area contributed by atoms with Crippen molar-refractivity contribution in [2.75, 3.05) is 0 Å². The molecule has 4 rings (SSSR count). The molecule has 1 unspecified atom stereocenters. The predicted octanol–water partition coefficient (Wildman–Crippen LogP) is 2.88. The number of nitrogens with zero attached hydrogens (tertiary/aromatic N) is 3. The maximum absolute atomic E-state index is 12.4. The topological polar surface area (TPSA) is 66.7 Å². The van der Waals surface area contributed by atoms with Gasteiger partial charge in [0.05, 0.1) is 17.4 Å². The Morgan fingerprint density at radius 3 is 3.00 bits per heavy atom. The van der Waals surface area contributed by atoms with Crippen molar-refractivity contribution in [3.63, 3.8) is 0 Å². The van der Waals surface area contributed by atoms with Crippen molar-refractivity contribution in [3.05, 3.63) is 63.8 Å². The predicted molar refractivity (Wildman–Crippen MR) is 77.1 cm³/mol. The second-order valence-corrected chi connectivity index (χ2v) is 5.53. The van der Waals surface area contributed by atoms with Crippen molar-refractivity contribution in [2.45, 2.75) is 26.3 Å². The molecule has 1 aromatic heterocycles. The lowest BCUT2D eigenvalue weighted by atomic mass is 10.1. The Labute approximate surface area is 122 Å². The second kappa shape index (κ2) is 4.22. The van der Waals surface area contributed by atoms with E-state index < -0.39 is 0 Å². The van der Waals surface area contributed by atoms with E-state index in [1.54, 1.807) is 0 Å². The fraction of sp³-hybridized carbons (Fsp3) is 0.250. The van der Waals surface area contributed by atoms with E-state index >= 15 is 0 Å². The third-order valence-corrected chi connectivity index (χ3v) is 3.91. The van der Waals surface area contributed by atoms with E-state index in [9.17, 15) is 4.79 Å². The van der Waals surface area contributed by atoms with Gasteiger partial charge in [0.15, 0.2) is 5.70 Å². The van der Waals surface area contributed by atoms with E-state index in [-0.39, 0.29) is 11.9 Å². The molecule has 0 radical (unpaired) electrons. The summed E-state index contributed by atoms with van der Waals surface area (Å²) in [6.07, 6.45) is 3.02. The Morgan fingerprint density at radius 1 is 1.33 bits per heavy atom. The van der Waals surface area contributed by atoms with Crippen LogP contribution in [0.25, 0.3) is 0 Å². The summed E-state index contributed by atoms with van der Waals surface area (Å²) < 4.78 is 0. The van der Waals surface area contributed by atoms with Crippen LogP contribution in [0.2, 0.25) is 0 Å². The van der Waals surface area contributed by atoms with E-state index in [4.69, 9.17) is 0 Å². The van der Waals surface area contributed by atoms with Gasteiger partial charge in [-0.05, 0) is 43.2 Å². The molecule has 2 aliphatic carbocycles. The number of allylic oxidation sites excluding steroid dienone is 3. The summed E-state index contributed by atoms with van der Waals surface area (Å²) in [7, 11) is 0. The maximum atomic E-state index is 12.4. The lowest BCUT2D eigenvalue weighted by Crippen LogP contribution is -2.28. The third-order valence-electron chi connectivity index (χ3n) is 3.91. The fourth-order valence-corrected chi connectivity index (χ4v) is 2.69. The lowest BCUT2D eigenvalue weighted by Gasteiger charge is -2.13. The Bertz CT molecular complexity index is 798. The molecule has 5 heteroatoms. The van der Waals surface area contributed by atoms with Crippen LogP contribution in [0.5, 0.6) is 0 Å². The van der Waals surface area contributed by atoms with Crippen molar-refractivity contribution >= 4 is 5.91 Å². The lowest BCUT2D eigenvalue weighted by molar-refractivity contribution is -0.118. The number of rotatable bonds is 3. The molecule has 1 amide bonds. The minimum Gasteiger partial charge on any atom is -0.343 e. The number of hydrogen-bond acceptors (Lipinski definition) is 4. The normalized spacial score (nSPS) is 19.4. The molecule has 1 N–H and O–H groups in total. The van der Waals surface area contributed by atoms with E-state index in [1.807, 2.05) is 38.1 Å². The molecule has 0 saturated heterocycles. The molecule has 3 aliphatic rings. The quantitative estimate of drug-likeness (QED) is 0.923. The molecular weight excluding hydrogens is 264 g/mol. The van der Waals surface area contributed by atoms with Gasteiger partial charge < -0.3 is 5.32 Å². The van der Waals surface area contributed by atoms with Gasteiger partial charge in [-0.1, -0.05) is 6.07 Å². The molecule has 5 nitrogen and oxygen atoms in total. The highest BCUT2D eigenvalue weighted by Gasteiger charge is 2.38. The summed E-state index contributed by atoms with van der Waals surface area (Å²) in [5, 5.41) is 11.1. The highest BCUT2D eigenvalue weighted by atomic mass is 16.2. The Hall–Kier alpha value is -2.56. The van der Waals surface area contributed by atoms with Gasteiger partial charge in [-0.15, -0.1) is 10.2 Å². The van der Waals surface area contributed by atoms with E-state index in [0.717, 1.165) is 29.1 Å². The first-order chi connectivity index (χ1) is 10.1. The zero-order valence-corrected chi connectivity index (χ0v) is 11.8. The molecule has 0 bridgehead atoms. The number of nitrogens with one attached hydrogen (secondary N) is 1. The minimum atomic E-state index is -0.196. The molecular formula is C16H14N4O. The van der Waals surface area contributed by atoms with E-state index in [0.29, 0.717) is 5.70 Å². The van der Waals surface area contributed by atoms with Gasteiger partial charge in [0.25, 0.3) is 5.91 Å². The molecule has 1 saturated carbocycles. The number of fused-ring (bicyclic) bond motifs is 2. The zero-order valence-electron chi connectivity index (χ0n) is 11.8. The zero-order chi connectivity index (χ0) is 14.6. The number of azo groups is 1. The summed E-state index contributed by atoms with van der Waals surface area (Å²) in [6.45, 7) is 3.85. The number of aryl methyl sites for hydroxylation is 1. The highest BCUT2D eigenvalue weighted by Crippen LogP contribution is 2.51. The minimum absolute atomic E-state index is 0.166. The third kappa shape index (κ3) is 1.93. The first-order valence-corrected chi connectivity index (χ1v) is 6.98. The summed E-state index contributed by atoms with van der Waals surface area (Å²) in [5.74, 6) is -0.196. The number of pyridine rings is 1. The number of hydrogen-bond donors (Lipinski definition) is 1. The van der Waals surface area contributed by atoms with Gasteiger partial charge >= 0.3 is 0 Å². The average Bonchev–Trinajstić information content (AvgIpc) is 2.94. The summed E-state index contributed by atoms with van der Waals surface area (Å²) >= 11 is 0. The van der Waals surface area contributed by atoms with Crippen LogP contribution in [0.1, 0.15) is 30.8 Å². The Morgan fingerprint density at radius 2 is 2.19 bits per heavy atom. The van der Waals surface area contributed by atoms with Gasteiger partial charge in [-0.3, -0.25) is 9.78 Å². The smallest absolute Gasteiger partial charge is 0.273 e. The fourth-order valence-electron chi connectivity index (χ4n) is 2.69. The van der Waals surface area contributed by atoms with Crippen molar-refractivity contribution in [3.8, 4) is 0 Å². The maximum Gasteiger partial charge on any atom is 0.273 e. The first-order valence-electron chi connectivity index (χ1n) is 6.98. The average molecular weight is 278 g/mol. The highest BCUT2D eigenvalue weighted by molar-refractivity contribution is 5.97. The van der Waals surface area contributed by atoms with Crippen LogP contribution in [0.3, 0.4) is 0 Å². The Kier molecular flexibility index (Phi) is 2.45. The van der Waals surface area contributed by atoms with Crippen LogP contribution in [-0.4, -0.2) is 10.9 Å². The largest absolute Gasteiger partial charge is 0.343 e. The van der Waals surface area contributed by atoms with Crippen molar-refractivity contribution in [2.24, 2.45) is 10.2 Å². The number of amides is 1. The molecule has 21 heavy (non-hydrogen) atoms. The van der Waals surface area contributed by atoms with Crippen LogP contribution in [0.15, 0.2) is 62.6 Å². The molecule has 1 aliphatic heterocycles. The standard InChI is InChI=1S/C16H14N4O/c1-8-4-3-5-13(17-8)9(2)18-16(21)15-12-7-10-6-11(10)14(12)19-20-15/h3-5,7,9H,6H2,1-2H3,(H,18,21). The summed E-state index contributed by atoms with van der Waals surface area (Å²) in [4.78, 5) is 16.8. The molecule has 0 aromatic carbocycles. The van der Waals surface area contributed by atoms with Crippen molar-refractivity contribution in [1.82, 2.24) is 10.3 Å². The Balaban J connectivity index is 1.55. The molecule has 2 heterocycles. The van der Waals surface area contributed by atoms with Crippen LogP contribution < -0.4 is 5.32 Å². The van der Waals surface area contributed by atoms with Crippen LogP contribution >= 0.6 is 0 Å². The summed E-state index contributed by atoms with van der Waals surface area (Å²) in [5.41, 5.74) is 6.47. The van der Waals surface area contributed by atoms with Gasteiger partial charge in [-0.2, -0.15) is 0 Å². The van der Waals surface area contributed by atoms with Gasteiger partial charge in [0.2, 0.25) is 0 Å². The molecule has 1 aromatic rings. The van der Waals surface area contributed by atoms with E-state index in [2.05, 4.69) is 20.5 Å². The second-order valence-electron chi connectivity index (χ2n) is 5.53. The van der Waals surface area contributed by atoms with Gasteiger partial charge in [0.1, 0.15) is 0 Å². The molecule has 104 valence electrons. The van der Waals surface area contributed by atoms with Crippen LogP contribution in [0, 0.1) is 6.92 Å². The van der Waals surface area contributed by atoms with E-state index in [1.165, 1.54) is 11.1 Å². The SMILES string of the molecule is Cc1cccc(C(C)NC(=O)C2=C3C=C4CC4=C3N=N2)n1. The van der Waals surface area contributed by atoms with Crippen molar-refractivity contribution < 1.29 is 4.79 Å². The number of aromatic nitrogens is 1. The number of carbonyl (C=O) groups is 1. The molecule has 1 atom stereocenters. The molecule has 1 fully saturated rings. The van der Waals surface area contributed by atoms with Crippen LogP contribution in [0.4, 0.5) is 0 Å². The van der Waals surface area contributed by atoms with Crippen LogP contribution in [-0.2, 0) is 4.79 Å². The van der Waals surface area contributed by atoms with Gasteiger partial charge in [-0.25, -0.2) is 0 Å². The first kappa shape index (κ1) is 12.2. The van der Waals surface area contributed by atoms with Gasteiger partial charge in [0, 0.05) is 17.7 Å². The summed E-state index contributed by atoms with van der Waals surface area (Å²) in [6, 6.07) is 5.62. The molecule has 0 spiro atoms. The number of carbonyl (C=O) groups excluding carboxylic acids is 1.